The number of carbonyl (C=O) groups is 1. The minimum Gasteiger partial charge on any atom is -0.376 e. The average molecular weight is 272 g/mol. The Morgan fingerprint density at radius 2 is 2.10 bits per heavy atom. The lowest BCUT2D eigenvalue weighted by molar-refractivity contribution is -0.119. The highest BCUT2D eigenvalue weighted by Crippen LogP contribution is 2.08. The van der Waals surface area contributed by atoms with Gasteiger partial charge in [-0.3, -0.25) is 9.78 Å². The molecule has 0 bridgehead atoms. The number of rotatable bonds is 5. The summed E-state index contributed by atoms with van der Waals surface area (Å²) in [5, 5.41) is 6.60. The zero-order valence-electron chi connectivity index (χ0n) is 10.6. The van der Waals surface area contributed by atoms with Crippen molar-refractivity contribution in [1.82, 2.24) is 10.4 Å². The van der Waals surface area contributed by atoms with E-state index >= 15 is 0 Å². The van der Waals surface area contributed by atoms with Crippen LogP contribution in [-0.2, 0) is 4.79 Å². The van der Waals surface area contributed by atoms with Crippen LogP contribution >= 0.6 is 0 Å². The Balaban J connectivity index is 1.77. The Morgan fingerprint density at radius 3 is 2.85 bits per heavy atom. The van der Waals surface area contributed by atoms with Crippen LogP contribution in [0.4, 0.5) is 10.1 Å². The molecule has 1 aromatic heterocycles. The molecule has 0 unspecified atom stereocenters. The number of halogens is 1. The molecule has 1 aromatic carbocycles. The maximum Gasteiger partial charge on any atom is 0.259 e. The molecule has 6 heteroatoms. The summed E-state index contributed by atoms with van der Waals surface area (Å²) in [6.45, 7) is 0.0111. The second kappa shape index (κ2) is 6.98. The molecule has 0 saturated heterocycles. The molecule has 102 valence electrons. The fourth-order valence-corrected chi connectivity index (χ4v) is 1.45. The third-order valence-electron chi connectivity index (χ3n) is 2.39. The normalized spacial score (nSPS) is 10.4. The first-order chi connectivity index (χ1) is 9.74. The second-order valence-electron chi connectivity index (χ2n) is 3.94. The molecule has 1 amide bonds. The van der Waals surface area contributed by atoms with Crippen LogP contribution in [0.3, 0.4) is 0 Å². The van der Waals surface area contributed by atoms with Gasteiger partial charge < -0.3 is 5.32 Å². The maximum absolute atomic E-state index is 12.9. The van der Waals surface area contributed by atoms with Gasteiger partial charge in [-0.25, -0.2) is 9.82 Å². The zero-order chi connectivity index (χ0) is 14.2. The van der Waals surface area contributed by atoms with Gasteiger partial charge >= 0.3 is 0 Å². The number of anilines is 1. The number of nitrogens with one attached hydrogen (secondary N) is 2. The van der Waals surface area contributed by atoms with Gasteiger partial charge in [-0.2, -0.15) is 5.10 Å². The first-order valence-corrected chi connectivity index (χ1v) is 5.95. The molecule has 2 rings (SSSR count). The SMILES string of the molecule is O=C(CNc1cccc(F)c1)NN=Cc1ccncc1. The van der Waals surface area contributed by atoms with E-state index in [1.54, 1.807) is 36.7 Å². The Labute approximate surface area is 115 Å². The summed E-state index contributed by atoms with van der Waals surface area (Å²) in [5.74, 6) is -0.675. The van der Waals surface area contributed by atoms with Gasteiger partial charge in [-0.15, -0.1) is 0 Å². The average Bonchev–Trinajstić information content (AvgIpc) is 2.46. The minimum atomic E-state index is -0.355. The van der Waals surface area contributed by atoms with E-state index in [0.717, 1.165) is 5.56 Å². The van der Waals surface area contributed by atoms with Crippen LogP contribution in [0, 0.1) is 5.82 Å². The standard InChI is InChI=1S/C14H13FN4O/c15-12-2-1-3-13(8-12)17-10-14(20)19-18-9-11-4-6-16-7-5-11/h1-9,17H,10H2,(H,19,20). The zero-order valence-corrected chi connectivity index (χ0v) is 10.6. The molecule has 0 aliphatic heterocycles. The molecule has 0 aliphatic rings. The highest BCUT2D eigenvalue weighted by molar-refractivity contribution is 5.84. The van der Waals surface area contributed by atoms with Crippen LogP contribution in [0.1, 0.15) is 5.56 Å². The van der Waals surface area contributed by atoms with E-state index in [2.05, 4.69) is 20.8 Å². The second-order valence-corrected chi connectivity index (χ2v) is 3.94. The molecular weight excluding hydrogens is 259 g/mol. The van der Waals surface area contributed by atoms with Crippen molar-refractivity contribution in [3.8, 4) is 0 Å². The highest BCUT2D eigenvalue weighted by Gasteiger charge is 2.00. The quantitative estimate of drug-likeness (QED) is 0.644. The first-order valence-electron chi connectivity index (χ1n) is 5.95. The van der Waals surface area contributed by atoms with Crippen LogP contribution in [-0.4, -0.2) is 23.7 Å². The third-order valence-corrected chi connectivity index (χ3v) is 2.39. The van der Waals surface area contributed by atoms with E-state index in [0.29, 0.717) is 5.69 Å². The minimum absolute atomic E-state index is 0.0111. The molecule has 0 atom stereocenters. The van der Waals surface area contributed by atoms with Crippen molar-refractivity contribution >= 4 is 17.8 Å². The van der Waals surface area contributed by atoms with Crippen molar-refractivity contribution in [2.45, 2.75) is 0 Å². The molecule has 20 heavy (non-hydrogen) atoms. The van der Waals surface area contributed by atoms with Crippen LogP contribution in [0.2, 0.25) is 0 Å². The lowest BCUT2D eigenvalue weighted by Gasteiger charge is -2.04. The van der Waals surface area contributed by atoms with E-state index in [1.165, 1.54) is 18.3 Å². The summed E-state index contributed by atoms with van der Waals surface area (Å²) in [5.41, 5.74) is 3.74. The van der Waals surface area contributed by atoms with E-state index in [1.807, 2.05) is 0 Å². The molecule has 5 nitrogen and oxygen atoms in total. The Hall–Kier alpha value is -2.76. The van der Waals surface area contributed by atoms with Crippen molar-refractivity contribution in [2.75, 3.05) is 11.9 Å². The highest BCUT2D eigenvalue weighted by atomic mass is 19.1. The Kier molecular flexibility index (Phi) is 4.77. The van der Waals surface area contributed by atoms with Crippen LogP contribution in [0.15, 0.2) is 53.9 Å². The topological polar surface area (TPSA) is 66.4 Å². The monoisotopic (exact) mass is 272 g/mol. The van der Waals surface area contributed by atoms with Crippen molar-refractivity contribution in [2.24, 2.45) is 5.10 Å². The maximum atomic E-state index is 12.9. The summed E-state index contributed by atoms with van der Waals surface area (Å²) in [6.07, 6.45) is 4.78. The number of amides is 1. The van der Waals surface area contributed by atoms with Crippen molar-refractivity contribution in [3.05, 3.63) is 60.2 Å². The van der Waals surface area contributed by atoms with Crippen LogP contribution in [0.5, 0.6) is 0 Å². The van der Waals surface area contributed by atoms with Gasteiger partial charge in [0, 0.05) is 18.1 Å². The number of hydrogen-bond acceptors (Lipinski definition) is 4. The molecule has 0 saturated carbocycles. The fraction of sp³-hybridized carbons (Fsp3) is 0.0714. The Bertz CT molecular complexity index is 601. The lowest BCUT2D eigenvalue weighted by Crippen LogP contribution is -2.25. The predicted molar refractivity (Wildman–Crippen MR) is 74.9 cm³/mol. The number of aromatic nitrogens is 1. The van der Waals surface area contributed by atoms with Crippen molar-refractivity contribution in [3.63, 3.8) is 0 Å². The predicted octanol–water partition coefficient (Wildman–Crippen LogP) is 1.78. The molecular formula is C14H13FN4O. The molecule has 2 aromatic rings. The van der Waals surface area contributed by atoms with E-state index in [-0.39, 0.29) is 18.3 Å². The van der Waals surface area contributed by atoms with Gasteiger partial charge in [0.05, 0.1) is 12.8 Å². The number of nitrogens with zero attached hydrogens (tertiary/aromatic N) is 2. The molecule has 0 spiro atoms. The number of carbonyl (C=O) groups excluding carboxylic acids is 1. The number of pyridine rings is 1. The Morgan fingerprint density at radius 1 is 1.30 bits per heavy atom. The van der Waals surface area contributed by atoms with Gasteiger partial charge in [0.25, 0.3) is 5.91 Å². The lowest BCUT2D eigenvalue weighted by atomic mass is 10.3. The van der Waals surface area contributed by atoms with Crippen molar-refractivity contribution in [1.29, 1.82) is 0 Å². The summed E-state index contributed by atoms with van der Waals surface area (Å²) >= 11 is 0. The molecule has 0 fully saturated rings. The smallest absolute Gasteiger partial charge is 0.259 e. The van der Waals surface area contributed by atoms with Crippen LogP contribution in [0.25, 0.3) is 0 Å². The van der Waals surface area contributed by atoms with Gasteiger partial charge in [0.15, 0.2) is 0 Å². The molecule has 0 radical (unpaired) electrons. The van der Waals surface area contributed by atoms with Gasteiger partial charge in [-0.1, -0.05) is 6.07 Å². The first kappa shape index (κ1) is 13.7. The molecule has 2 N–H and O–H groups in total. The summed E-state index contributed by atoms with van der Waals surface area (Å²) in [4.78, 5) is 15.4. The van der Waals surface area contributed by atoms with Crippen molar-refractivity contribution < 1.29 is 9.18 Å². The molecule has 1 heterocycles. The van der Waals surface area contributed by atoms with Gasteiger partial charge in [0.2, 0.25) is 0 Å². The third kappa shape index (κ3) is 4.49. The van der Waals surface area contributed by atoms with E-state index in [4.69, 9.17) is 0 Å². The number of hydrazone groups is 1. The largest absolute Gasteiger partial charge is 0.376 e. The van der Waals surface area contributed by atoms with Gasteiger partial charge in [0.1, 0.15) is 5.82 Å². The molecule has 0 aliphatic carbocycles. The fourth-order valence-electron chi connectivity index (χ4n) is 1.45. The summed E-state index contributed by atoms with van der Waals surface area (Å²) in [7, 11) is 0. The summed E-state index contributed by atoms with van der Waals surface area (Å²) < 4.78 is 12.9. The number of hydrogen-bond donors (Lipinski definition) is 2. The van der Waals surface area contributed by atoms with E-state index in [9.17, 15) is 9.18 Å². The van der Waals surface area contributed by atoms with Crippen LogP contribution < -0.4 is 10.7 Å². The van der Waals surface area contributed by atoms with Gasteiger partial charge in [-0.05, 0) is 35.9 Å². The summed E-state index contributed by atoms with van der Waals surface area (Å²) in [6, 6.07) is 9.42. The number of benzene rings is 1. The van der Waals surface area contributed by atoms with E-state index < -0.39 is 0 Å².